The monoisotopic (exact) mass is 416 g/mol. The van der Waals surface area contributed by atoms with Crippen molar-refractivity contribution in [3.63, 3.8) is 0 Å². The Labute approximate surface area is 176 Å². The van der Waals surface area contributed by atoms with Gasteiger partial charge in [-0.05, 0) is 43.2 Å². The topological polar surface area (TPSA) is 92.0 Å². The molecule has 2 aliphatic rings. The van der Waals surface area contributed by atoms with Crippen LogP contribution in [0.1, 0.15) is 31.7 Å². The third kappa shape index (κ3) is 3.16. The fourth-order valence-electron chi connectivity index (χ4n) is 5.34. The summed E-state index contributed by atoms with van der Waals surface area (Å²) < 4.78 is 20.6. The molecule has 0 spiro atoms. The van der Waals surface area contributed by atoms with Crippen molar-refractivity contribution in [2.45, 2.75) is 32.6 Å². The van der Waals surface area contributed by atoms with Gasteiger partial charge in [-0.25, -0.2) is 4.79 Å². The fourth-order valence-corrected chi connectivity index (χ4v) is 5.34. The molecule has 0 radical (unpaired) electrons. The molecular formula is C23H28O7. The smallest absolute Gasteiger partial charge is 0.334 e. The Morgan fingerprint density at radius 3 is 2.47 bits per heavy atom. The second-order valence-corrected chi connectivity index (χ2v) is 8.00. The highest BCUT2D eigenvalue weighted by molar-refractivity contribution is 6.00. The zero-order chi connectivity index (χ0) is 21.9. The Morgan fingerprint density at radius 1 is 1.13 bits per heavy atom. The summed E-state index contributed by atoms with van der Waals surface area (Å²) in [5.41, 5.74) is -1.17. The summed E-state index contributed by atoms with van der Waals surface area (Å²) >= 11 is 0. The van der Waals surface area contributed by atoms with Crippen molar-refractivity contribution in [1.29, 1.82) is 0 Å². The van der Waals surface area contributed by atoms with Crippen LogP contribution in [0.15, 0.2) is 46.8 Å². The van der Waals surface area contributed by atoms with E-state index >= 15 is 0 Å². The van der Waals surface area contributed by atoms with Crippen LogP contribution in [0.25, 0.3) is 0 Å². The van der Waals surface area contributed by atoms with E-state index in [1.165, 1.54) is 21.3 Å². The van der Waals surface area contributed by atoms with Gasteiger partial charge in [-0.3, -0.25) is 9.59 Å². The highest BCUT2D eigenvalue weighted by Gasteiger charge is 2.66. The summed E-state index contributed by atoms with van der Waals surface area (Å²) in [7, 11) is 3.93. The summed E-state index contributed by atoms with van der Waals surface area (Å²) in [5, 5.41) is 0. The van der Waals surface area contributed by atoms with Gasteiger partial charge in [0.05, 0.1) is 44.8 Å². The lowest BCUT2D eigenvalue weighted by Crippen LogP contribution is -2.59. The number of furan rings is 1. The summed E-state index contributed by atoms with van der Waals surface area (Å²) in [4.78, 5) is 39.2. The maximum atomic E-state index is 13.3. The SMILES string of the molecule is COC(=O)C1=CC=C[C@H]2[C@@]1(C(=O)OC)CC[C@@H](C)[C@@]2(CCc1ccoc1)C(=O)OC. The van der Waals surface area contributed by atoms with Crippen molar-refractivity contribution in [1.82, 2.24) is 0 Å². The van der Waals surface area contributed by atoms with E-state index in [4.69, 9.17) is 18.6 Å². The molecule has 1 fully saturated rings. The van der Waals surface area contributed by atoms with Crippen LogP contribution >= 0.6 is 0 Å². The Bertz CT molecular complexity index is 866. The van der Waals surface area contributed by atoms with Gasteiger partial charge < -0.3 is 18.6 Å². The minimum absolute atomic E-state index is 0.0821. The van der Waals surface area contributed by atoms with Gasteiger partial charge in [0, 0.05) is 5.92 Å². The average Bonchev–Trinajstić information content (AvgIpc) is 3.30. The maximum Gasteiger partial charge on any atom is 0.334 e. The highest BCUT2D eigenvalue weighted by atomic mass is 16.5. The number of fused-ring (bicyclic) bond motifs is 1. The minimum atomic E-state index is -1.31. The number of rotatable bonds is 6. The average molecular weight is 416 g/mol. The van der Waals surface area contributed by atoms with Gasteiger partial charge in [0.1, 0.15) is 5.41 Å². The summed E-state index contributed by atoms with van der Waals surface area (Å²) in [6.45, 7) is 2.00. The lowest BCUT2D eigenvalue weighted by atomic mass is 9.46. The van der Waals surface area contributed by atoms with Gasteiger partial charge in [0.25, 0.3) is 0 Å². The van der Waals surface area contributed by atoms with Crippen LogP contribution in [-0.2, 0) is 35.0 Å². The predicted octanol–water partition coefficient (Wildman–Crippen LogP) is 3.25. The number of hydrogen-bond acceptors (Lipinski definition) is 7. The van der Waals surface area contributed by atoms with Crippen LogP contribution in [0.2, 0.25) is 0 Å². The number of carbonyl (C=O) groups excluding carboxylic acids is 3. The number of hydrogen-bond donors (Lipinski definition) is 0. The van der Waals surface area contributed by atoms with Crippen molar-refractivity contribution in [2.24, 2.45) is 22.7 Å². The second kappa shape index (κ2) is 8.50. The Kier molecular flexibility index (Phi) is 6.19. The van der Waals surface area contributed by atoms with E-state index in [0.29, 0.717) is 25.7 Å². The summed E-state index contributed by atoms with van der Waals surface area (Å²) in [6, 6.07) is 1.85. The van der Waals surface area contributed by atoms with E-state index in [1.807, 2.05) is 19.1 Å². The molecule has 0 unspecified atom stereocenters. The molecule has 7 nitrogen and oxygen atoms in total. The van der Waals surface area contributed by atoms with Gasteiger partial charge in [-0.15, -0.1) is 0 Å². The third-order valence-electron chi connectivity index (χ3n) is 6.91. The molecule has 2 aliphatic carbocycles. The predicted molar refractivity (Wildman–Crippen MR) is 107 cm³/mol. The molecule has 1 heterocycles. The van der Waals surface area contributed by atoms with E-state index in [1.54, 1.807) is 24.7 Å². The van der Waals surface area contributed by atoms with Crippen LogP contribution in [0.3, 0.4) is 0 Å². The van der Waals surface area contributed by atoms with E-state index < -0.39 is 34.7 Å². The Morgan fingerprint density at radius 2 is 1.87 bits per heavy atom. The van der Waals surface area contributed by atoms with E-state index in [9.17, 15) is 14.4 Å². The number of methoxy groups -OCH3 is 3. The van der Waals surface area contributed by atoms with Gasteiger partial charge >= 0.3 is 17.9 Å². The van der Waals surface area contributed by atoms with Gasteiger partial charge in [-0.1, -0.05) is 25.2 Å². The molecule has 162 valence electrons. The molecule has 1 aromatic heterocycles. The number of ether oxygens (including phenoxy) is 3. The fraction of sp³-hybridized carbons (Fsp3) is 0.522. The lowest BCUT2D eigenvalue weighted by molar-refractivity contribution is -0.179. The van der Waals surface area contributed by atoms with E-state index in [2.05, 4.69) is 0 Å². The first kappa shape index (κ1) is 21.9. The van der Waals surface area contributed by atoms with Crippen molar-refractivity contribution in [2.75, 3.05) is 21.3 Å². The van der Waals surface area contributed by atoms with Gasteiger partial charge in [0.2, 0.25) is 0 Å². The van der Waals surface area contributed by atoms with Gasteiger partial charge in [-0.2, -0.15) is 0 Å². The first-order valence-electron chi connectivity index (χ1n) is 10.0. The maximum absolute atomic E-state index is 13.3. The molecule has 0 bridgehead atoms. The third-order valence-corrected chi connectivity index (χ3v) is 6.91. The second-order valence-electron chi connectivity index (χ2n) is 8.00. The minimum Gasteiger partial charge on any atom is -0.472 e. The molecule has 7 heteroatoms. The van der Waals surface area contributed by atoms with E-state index in [0.717, 1.165) is 5.56 Å². The van der Waals surface area contributed by atoms with Crippen LogP contribution in [0.4, 0.5) is 0 Å². The van der Waals surface area contributed by atoms with Crippen LogP contribution in [0.5, 0.6) is 0 Å². The molecule has 0 aliphatic heterocycles. The summed E-state index contributed by atoms with van der Waals surface area (Å²) in [5.74, 6) is -2.23. The number of allylic oxidation sites excluding steroid dienone is 3. The van der Waals surface area contributed by atoms with Crippen molar-refractivity contribution >= 4 is 17.9 Å². The highest BCUT2D eigenvalue weighted by Crippen LogP contribution is 2.61. The van der Waals surface area contributed by atoms with Crippen LogP contribution < -0.4 is 0 Å². The van der Waals surface area contributed by atoms with E-state index in [-0.39, 0.29) is 11.5 Å². The first-order chi connectivity index (χ1) is 14.4. The number of esters is 3. The Balaban J connectivity index is 2.17. The lowest BCUT2D eigenvalue weighted by Gasteiger charge is -2.54. The largest absolute Gasteiger partial charge is 0.472 e. The molecular weight excluding hydrogens is 388 g/mol. The van der Waals surface area contributed by atoms with Crippen LogP contribution in [-0.4, -0.2) is 39.2 Å². The molecule has 1 saturated carbocycles. The first-order valence-corrected chi connectivity index (χ1v) is 10.0. The molecule has 30 heavy (non-hydrogen) atoms. The molecule has 0 saturated heterocycles. The zero-order valence-electron chi connectivity index (χ0n) is 17.8. The number of carbonyl (C=O) groups is 3. The zero-order valence-corrected chi connectivity index (χ0v) is 17.8. The van der Waals surface area contributed by atoms with Crippen molar-refractivity contribution < 1.29 is 33.0 Å². The molecule has 0 N–H and O–H groups in total. The molecule has 1 aromatic rings. The van der Waals surface area contributed by atoms with Gasteiger partial charge in [0.15, 0.2) is 0 Å². The molecule has 0 aromatic carbocycles. The van der Waals surface area contributed by atoms with Crippen molar-refractivity contribution in [3.05, 3.63) is 48.0 Å². The molecule has 0 amide bonds. The quantitative estimate of drug-likeness (QED) is 0.519. The van der Waals surface area contributed by atoms with Crippen molar-refractivity contribution in [3.8, 4) is 0 Å². The van der Waals surface area contributed by atoms with Crippen LogP contribution in [0, 0.1) is 22.7 Å². The molecule has 4 atom stereocenters. The standard InChI is InChI=1S/C23H28O7/c1-15-8-11-23(21(26)29-4)17(19(24)27-2)6-5-7-18(23)22(15,20(25)28-3)12-9-16-10-13-30-14-16/h5-7,10,13-15,18H,8-9,11-12H2,1-4H3/t15-,18-,22-,23-/m1/s1. The number of aryl methyl sites for hydroxylation is 1. The summed E-state index contributed by atoms with van der Waals surface area (Å²) in [6.07, 6.45) is 10.3. The molecule has 3 rings (SSSR count). The normalized spacial score (nSPS) is 30.1. The Hall–Kier alpha value is -2.83.